The molecule has 70 valence electrons. The smallest absolute Gasteiger partial charge is 0.0455 e. The van der Waals surface area contributed by atoms with Gasteiger partial charge in [0, 0.05) is 23.2 Å². The van der Waals surface area contributed by atoms with Gasteiger partial charge < -0.3 is 5.32 Å². The van der Waals surface area contributed by atoms with Crippen molar-refractivity contribution >= 4 is 17.3 Å². The second-order valence-electron chi connectivity index (χ2n) is 3.62. The van der Waals surface area contributed by atoms with Crippen LogP contribution >= 0.6 is 11.6 Å². The van der Waals surface area contributed by atoms with Crippen molar-refractivity contribution in [3.8, 4) is 0 Å². The van der Waals surface area contributed by atoms with E-state index in [9.17, 15) is 0 Å². The Morgan fingerprint density at radius 2 is 2.31 bits per heavy atom. The quantitative estimate of drug-likeness (QED) is 0.723. The predicted octanol–water partition coefficient (Wildman–Crippen LogP) is 3.57. The molecule has 2 heteroatoms. The summed E-state index contributed by atoms with van der Waals surface area (Å²) in [5.41, 5.74) is 3.89. The average Bonchev–Trinajstić information content (AvgIpc) is 2.55. The van der Waals surface area contributed by atoms with Crippen LogP contribution in [-0.4, -0.2) is 6.54 Å². The van der Waals surface area contributed by atoms with Crippen molar-refractivity contribution in [3.05, 3.63) is 28.3 Å². The molecule has 0 fully saturated rings. The lowest BCUT2D eigenvalue weighted by atomic mass is 9.97. The molecule has 0 spiro atoms. The summed E-state index contributed by atoms with van der Waals surface area (Å²) >= 11 is 6.04. The molecule has 0 bridgehead atoms. The number of anilines is 1. The van der Waals surface area contributed by atoms with Crippen LogP contribution in [0.3, 0.4) is 0 Å². The van der Waals surface area contributed by atoms with E-state index in [0.29, 0.717) is 5.92 Å². The van der Waals surface area contributed by atoms with Crippen LogP contribution in [-0.2, 0) is 0 Å². The Morgan fingerprint density at radius 1 is 1.54 bits per heavy atom. The van der Waals surface area contributed by atoms with Crippen LogP contribution in [0.25, 0.3) is 0 Å². The van der Waals surface area contributed by atoms with Gasteiger partial charge in [0.1, 0.15) is 0 Å². The molecule has 1 unspecified atom stereocenters. The third kappa shape index (κ3) is 1.31. The predicted molar refractivity (Wildman–Crippen MR) is 57.7 cm³/mol. The van der Waals surface area contributed by atoms with Crippen LogP contribution in [0.2, 0.25) is 5.02 Å². The van der Waals surface area contributed by atoms with Gasteiger partial charge in [0.25, 0.3) is 0 Å². The summed E-state index contributed by atoms with van der Waals surface area (Å²) in [6, 6.07) is 4.16. The first-order chi connectivity index (χ1) is 6.24. The minimum atomic E-state index is 0.672. The van der Waals surface area contributed by atoms with Crippen LogP contribution in [0, 0.1) is 6.92 Å². The highest BCUT2D eigenvalue weighted by molar-refractivity contribution is 6.31. The molecule has 0 aliphatic carbocycles. The van der Waals surface area contributed by atoms with Crippen molar-refractivity contribution in [3.63, 3.8) is 0 Å². The highest BCUT2D eigenvalue weighted by Gasteiger charge is 2.22. The summed E-state index contributed by atoms with van der Waals surface area (Å²) in [5, 5.41) is 4.29. The zero-order valence-corrected chi connectivity index (χ0v) is 8.78. The third-order valence-corrected chi connectivity index (χ3v) is 3.30. The lowest BCUT2D eigenvalue weighted by Crippen LogP contribution is -1.99. The monoisotopic (exact) mass is 195 g/mol. The number of fused-ring (bicyclic) bond motifs is 1. The molecule has 0 saturated carbocycles. The molecular formula is C11H14ClN. The van der Waals surface area contributed by atoms with Gasteiger partial charge in [0.15, 0.2) is 0 Å². The van der Waals surface area contributed by atoms with E-state index in [4.69, 9.17) is 11.6 Å². The topological polar surface area (TPSA) is 12.0 Å². The van der Waals surface area contributed by atoms with Crippen molar-refractivity contribution in [1.82, 2.24) is 0 Å². The molecule has 1 N–H and O–H groups in total. The SMILES string of the molecule is CCC1CNc2c1ccc(Cl)c2C. The first-order valence-corrected chi connectivity index (χ1v) is 5.14. The maximum atomic E-state index is 6.04. The summed E-state index contributed by atoms with van der Waals surface area (Å²) in [6.45, 7) is 5.37. The number of nitrogens with one attached hydrogen (secondary N) is 1. The van der Waals surface area contributed by atoms with E-state index < -0.39 is 0 Å². The Bertz CT molecular complexity index is 333. The lowest BCUT2D eigenvalue weighted by molar-refractivity contribution is 0.727. The second kappa shape index (κ2) is 3.22. The first kappa shape index (κ1) is 8.89. The van der Waals surface area contributed by atoms with Crippen molar-refractivity contribution in [2.24, 2.45) is 0 Å². The highest BCUT2D eigenvalue weighted by Crippen LogP contribution is 2.38. The van der Waals surface area contributed by atoms with Crippen LogP contribution < -0.4 is 5.32 Å². The Hall–Kier alpha value is -0.690. The summed E-state index contributed by atoms with van der Waals surface area (Å²) in [7, 11) is 0. The molecule has 1 nitrogen and oxygen atoms in total. The van der Waals surface area contributed by atoms with Gasteiger partial charge in [-0.2, -0.15) is 0 Å². The van der Waals surface area contributed by atoms with E-state index in [-0.39, 0.29) is 0 Å². The fourth-order valence-corrected chi connectivity index (χ4v) is 2.14. The van der Waals surface area contributed by atoms with Gasteiger partial charge in [-0.25, -0.2) is 0 Å². The van der Waals surface area contributed by atoms with Crippen molar-refractivity contribution in [2.45, 2.75) is 26.2 Å². The van der Waals surface area contributed by atoms with Crippen molar-refractivity contribution in [2.75, 3.05) is 11.9 Å². The summed E-state index contributed by atoms with van der Waals surface area (Å²) < 4.78 is 0. The molecule has 1 heterocycles. The van der Waals surface area contributed by atoms with E-state index >= 15 is 0 Å². The average molecular weight is 196 g/mol. The molecule has 0 aromatic heterocycles. The van der Waals surface area contributed by atoms with Gasteiger partial charge >= 0.3 is 0 Å². The lowest BCUT2D eigenvalue weighted by Gasteiger charge is -2.08. The van der Waals surface area contributed by atoms with Gasteiger partial charge in [0.05, 0.1) is 0 Å². The fourth-order valence-electron chi connectivity index (χ4n) is 1.98. The Balaban J connectivity index is 2.50. The third-order valence-electron chi connectivity index (χ3n) is 2.89. The number of hydrogen-bond donors (Lipinski definition) is 1. The molecule has 2 rings (SSSR count). The largest absolute Gasteiger partial charge is 0.384 e. The molecule has 0 radical (unpaired) electrons. The van der Waals surface area contributed by atoms with Crippen LogP contribution in [0.15, 0.2) is 12.1 Å². The molecule has 1 aromatic rings. The zero-order valence-electron chi connectivity index (χ0n) is 8.02. The van der Waals surface area contributed by atoms with E-state index in [1.54, 1.807) is 0 Å². The van der Waals surface area contributed by atoms with E-state index in [1.165, 1.54) is 23.2 Å². The standard InChI is InChI=1S/C11H14ClN/c1-3-8-6-13-11-7(2)10(12)5-4-9(8)11/h4-5,8,13H,3,6H2,1-2H3. The van der Waals surface area contributed by atoms with Crippen LogP contribution in [0.1, 0.15) is 30.4 Å². The van der Waals surface area contributed by atoms with E-state index in [2.05, 4.69) is 25.2 Å². The van der Waals surface area contributed by atoms with E-state index in [0.717, 1.165) is 11.6 Å². The molecule has 0 amide bonds. The van der Waals surface area contributed by atoms with Crippen molar-refractivity contribution in [1.29, 1.82) is 0 Å². The normalized spacial score (nSPS) is 19.8. The first-order valence-electron chi connectivity index (χ1n) is 4.77. The van der Waals surface area contributed by atoms with Gasteiger partial charge in [0.2, 0.25) is 0 Å². The summed E-state index contributed by atoms with van der Waals surface area (Å²) in [6.07, 6.45) is 1.20. The van der Waals surface area contributed by atoms with Gasteiger partial charge in [-0.15, -0.1) is 0 Å². The molecule has 1 aliphatic heterocycles. The maximum absolute atomic E-state index is 6.04. The molecule has 1 aromatic carbocycles. The van der Waals surface area contributed by atoms with Gasteiger partial charge in [-0.05, 0) is 30.5 Å². The number of rotatable bonds is 1. The van der Waals surface area contributed by atoms with Gasteiger partial charge in [-0.1, -0.05) is 24.6 Å². The maximum Gasteiger partial charge on any atom is 0.0455 e. The van der Waals surface area contributed by atoms with Crippen LogP contribution in [0.4, 0.5) is 5.69 Å². The Kier molecular flexibility index (Phi) is 2.20. The van der Waals surface area contributed by atoms with Crippen LogP contribution in [0.5, 0.6) is 0 Å². The van der Waals surface area contributed by atoms with E-state index in [1.807, 2.05) is 6.07 Å². The number of hydrogen-bond acceptors (Lipinski definition) is 1. The summed E-state index contributed by atoms with van der Waals surface area (Å²) in [5.74, 6) is 0.672. The molecule has 1 aliphatic rings. The molecule has 1 atom stereocenters. The number of benzene rings is 1. The highest BCUT2D eigenvalue weighted by atomic mass is 35.5. The van der Waals surface area contributed by atoms with Crippen molar-refractivity contribution < 1.29 is 0 Å². The zero-order chi connectivity index (χ0) is 9.42. The number of halogens is 1. The van der Waals surface area contributed by atoms with Gasteiger partial charge in [-0.3, -0.25) is 0 Å². The molecule has 0 saturated heterocycles. The Morgan fingerprint density at radius 3 is 3.00 bits per heavy atom. The molecular weight excluding hydrogens is 182 g/mol. The minimum Gasteiger partial charge on any atom is -0.384 e. The summed E-state index contributed by atoms with van der Waals surface area (Å²) in [4.78, 5) is 0. The minimum absolute atomic E-state index is 0.672. The fraction of sp³-hybridized carbons (Fsp3) is 0.455. The Labute approximate surface area is 84.1 Å². The second-order valence-corrected chi connectivity index (χ2v) is 4.03. The molecule has 13 heavy (non-hydrogen) atoms.